The Morgan fingerprint density at radius 2 is 2.31 bits per heavy atom. The van der Waals surface area contributed by atoms with Crippen molar-refractivity contribution in [2.24, 2.45) is 0 Å². The molecule has 13 heavy (non-hydrogen) atoms. The minimum atomic E-state index is -2.77. The Labute approximate surface area is 79.7 Å². The Morgan fingerprint density at radius 3 is 2.92 bits per heavy atom. The van der Waals surface area contributed by atoms with Gasteiger partial charge in [0.15, 0.2) is 0 Å². The zero-order valence-corrected chi connectivity index (χ0v) is 9.26. The lowest BCUT2D eigenvalue weighted by molar-refractivity contribution is 0.135. The first kappa shape index (κ1) is 11.2. The van der Waals surface area contributed by atoms with E-state index in [1.807, 2.05) is 6.92 Å². The lowest BCUT2D eigenvalue weighted by atomic mass is 10.4. The lowest BCUT2D eigenvalue weighted by Gasteiger charge is -2.31. The van der Waals surface area contributed by atoms with Crippen LogP contribution in [-0.2, 0) is 13.6 Å². The van der Waals surface area contributed by atoms with Crippen LogP contribution in [0.25, 0.3) is 0 Å². The number of rotatable bonds is 4. The number of hydrogen-bond acceptors (Lipinski definition) is 4. The Morgan fingerprint density at radius 1 is 1.54 bits per heavy atom. The van der Waals surface area contributed by atoms with E-state index in [9.17, 15) is 4.57 Å². The highest BCUT2D eigenvalue weighted by Crippen LogP contribution is 2.50. The normalized spacial score (nSPS) is 30.6. The smallest absolute Gasteiger partial charge is 0.308 e. The maximum Gasteiger partial charge on any atom is 0.344 e. The van der Waals surface area contributed by atoms with Crippen molar-refractivity contribution < 1.29 is 13.6 Å². The first-order valence-electron chi connectivity index (χ1n) is 4.80. The molecule has 1 rings (SSSR count). The largest absolute Gasteiger partial charge is 0.344 e. The molecule has 0 aromatic carbocycles. The average molecular weight is 207 g/mol. The highest BCUT2D eigenvalue weighted by Gasteiger charge is 2.31. The van der Waals surface area contributed by atoms with Crippen molar-refractivity contribution in [3.05, 3.63) is 0 Å². The minimum Gasteiger partial charge on any atom is -0.308 e. The van der Waals surface area contributed by atoms with Gasteiger partial charge in [-0.2, -0.15) is 0 Å². The second-order valence-corrected chi connectivity index (χ2v) is 5.14. The number of hydrogen-bond donors (Lipinski definition) is 0. The molecule has 78 valence electrons. The molecule has 0 radical (unpaired) electrons. The van der Waals surface area contributed by atoms with Crippen LogP contribution in [0.15, 0.2) is 0 Å². The standard InChI is InChI=1S/C8H18NO3P/c1-3-5-9-6-7-12-13(10,8-9)11-4-2/h3-8H2,1-2H3. The quantitative estimate of drug-likeness (QED) is 0.660. The van der Waals surface area contributed by atoms with Crippen LogP contribution >= 0.6 is 7.60 Å². The first-order chi connectivity index (χ1) is 6.20. The van der Waals surface area contributed by atoms with Crippen LogP contribution < -0.4 is 0 Å². The van der Waals surface area contributed by atoms with Crippen molar-refractivity contribution in [1.29, 1.82) is 0 Å². The highest BCUT2D eigenvalue weighted by atomic mass is 31.2. The van der Waals surface area contributed by atoms with Gasteiger partial charge in [0.25, 0.3) is 0 Å². The zero-order chi connectivity index (χ0) is 9.73. The minimum absolute atomic E-state index is 0.453. The third-order valence-electron chi connectivity index (χ3n) is 1.93. The van der Waals surface area contributed by atoms with Crippen LogP contribution in [0.4, 0.5) is 0 Å². The third-order valence-corrected chi connectivity index (χ3v) is 3.91. The van der Waals surface area contributed by atoms with Crippen LogP contribution in [0.3, 0.4) is 0 Å². The number of nitrogens with zero attached hydrogens (tertiary/aromatic N) is 1. The summed E-state index contributed by atoms with van der Waals surface area (Å²) in [6.07, 6.45) is 1.53. The molecule has 0 aliphatic carbocycles. The van der Waals surface area contributed by atoms with Crippen molar-refractivity contribution in [2.45, 2.75) is 20.3 Å². The predicted octanol–water partition coefficient (Wildman–Crippen LogP) is 1.92. The molecule has 0 bridgehead atoms. The molecule has 1 unspecified atom stereocenters. The van der Waals surface area contributed by atoms with Gasteiger partial charge in [-0.15, -0.1) is 0 Å². The van der Waals surface area contributed by atoms with E-state index in [1.165, 1.54) is 0 Å². The van der Waals surface area contributed by atoms with E-state index in [0.29, 0.717) is 19.5 Å². The van der Waals surface area contributed by atoms with Crippen molar-refractivity contribution in [3.63, 3.8) is 0 Å². The van der Waals surface area contributed by atoms with Crippen LogP contribution in [-0.4, -0.2) is 37.5 Å². The lowest BCUT2D eigenvalue weighted by Crippen LogP contribution is -2.34. The van der Waals surface area contributed by atoms with E-state index in [2.05, 4.69) is 11.8 Å². The molecule has 1 aliphatic rings. The van der Waals surface area contributed by atoms with E-state index in [1.54, 1.807) is 0 Å². The second-order valence-electron chi connectivity index (χ2n) is 3.12. The summed E-state index contributed by atoms with van der Waals surface area (Å²) in [6.45, 7) is 6.77. The molecule has 0 spiro atoms. The topological polar surface area (TPSA) is 38.8 Å². The maximum atomic E-state index is 11.8. The summed E-state index contributed by atoms with van der Waals surface area (Å²) in [5.41, 5.74) is 0. The summed E-state index contributed by atoms with van der Waals surface area (Å²) in [7, 11) is -2.77. The summed E-state index contributed by atoms with van der Waals surface area (Å²) in [5, 5.41) is 0. The van der Waals surface area contributed by atoms with Crippen molar-refractivity contribution in [2.75, 3.05) is 32.6 Å². The first-order valence-corrected chi connectivity index (χ1v) is 6.53. The summed E-state index contributed by atoms with van der Waals surface area (Å²) < 4.78 is 22.1. The summed E-state index contributed by atoms with van der Waals surface area (Å²) >= 11 is 0. The molecule has 0 saturated carbocycles. The van der Waals surface area contributed by atoms with E-state index < -0.39 is 7.60 Å². The van der Waals surface area contributed by atoms with Crippen LogP contribution in [0.5, 0.6) is 0 Å². The van der Waals surface area contributed by atoms with E-state index in [4.69, 9.17) is 9.05 Å². The molecular formula is C8H18NO3P. The Bertz CT molecular complexity index is 190. The molecule has 1 aliphatic heterocycles. The van der Waals surface area contributed by atoms with Gasteiger partial charge in [0.05, 0.1) is 13.2 Å². The summed E-state index contributed by atoms with van der Waals surface area (Å²) in [4.78, 5) is 2.14. The molecule has 1 saturated heterocycles. The van der Waals surface area contributed by atoms with Crippen LogP contribution in [0, 0.1) is 0 Å². The Hall–Kier alpha value is 0.110. The fourth-order valence-corrected chi connectivity index (χ4v) is 3.20. The molecule has 0 aromatic heterocycles. The SMILES string of the molecule is CCCN1CCOP(=O)(OCC)C1. The van der Waals surface area contributed by atoms with Gasteiger partial charge in [0.1, 0.15) is 6.29 Å². The van der Waals surface area contributed by atoms with Gasteiger partial charge >= 0.3 is 7.60 Å². The molecule has 1 heterocycles. The van der Waals surface area contributed by atoms with Crippen molar-refractivity contribution in [1.82, 2.24) is 4.90 Å². The molecule has 4 nitrogen and oxygen atoms in total. The summed E-state index contributed by atoms with van der Waals surface area (Å²) in [6, 6.07) is 0. The van der Waals surface area contributed by atoms with Gasteiger partial charge in [-0.1, -0.05) is 6.92 Å². The van der Waals surface area contributed by atoms with Crippen LogP contribution in [0.1, 0.15) is 20.3 Å². The summed E-state index contributed by atoms with van der Waals surface area (Å²) in [5.74, 6) is 0. The molecule has 1 atom stereocenters. The van der Waals surface area contributed by atoms with E-state index >= 15 is 0 Å². The maximum absolute atomic E-state index is 11.8. The van der Waals surface area contributed by atoms with E-state index in [-0.39, 0.29) is 0 Å². The monoisotopic (exact) mass is 207 g/mol. The third kappa shape index (κ3) is 3.39. The van der Waals surface area contributed by atoms with Gasteiger partial charge in [0, 0.05) is 6.54 Å². The predicted molar refractivity (Wildman–Crippen MR) is 51.9 cm³/mol. The van der Waals surface area contributed by atoms with E-state index in [0.717, 1.165) is 19.5 Å². The molecule has 1 fully saturated rings. The van der Waals surface area contributed by atoms with Gasteiger partial charge in [-0.3, -0.25) is 9.46 Å². The van der Waals surface area contributed by atoms with Gasteiger partial charge in [0.2, 0.25) is 0 Å². The second kappa shape index (κ2) is 5.11. The Balaban J connectivity index is 2.45. The molecule has 0 aromatic rings. The zero-order valence-electron chi connectivity index (χ0n) is 8.36. The Kier molecular flexibility index (Phi) is 4.39. The fraction of sp³-hybridized carbons (Fsp3) is 1.00. The molecule has 5 heteroatoms. The molecule has 0 N–H and O–H groups in total. The van der Waals surface area contributed by atoms with Gasteiger partial charge in [-0.05, 0) is 19.9 Å². The van der Waals surface area contributed by atoms with Crippen molar-refractivity contribution >= 4 is 7.60 Å². The van der Waals surface area contributed by atoms with Gasteiger partial charge in [-0.25, -0.2) is 0 Å². The van der Waals surface area contributed by atoms with Gasteiger partial charge < -0.3 is 9.05 Å². The average Bonchev–Trinajstić information content (AvgIpc) is 2.04. The molecular weight excluding hydrogens is 189 g/mol. The van der Waals surface area contributed by atoms with Crippen LogP contribution in [0.2, 0.25) is 0 Å². The molecule has 0 amide bonds. The van der Waals surface area contributed by atoms with Crippen molar-refractivity contribution in [3.8, 4) is 0 Å². The highest BCUT2D eigenvalue weighted by molar-refractivity contribution is 7.53. The fourth-order valence-electron chi connectivity index (χ4n) is 1.44.